The highest BCUT2D eigenvalue weighted by Crippen LogP contribution is 2.52. The Balaban J connectivity index is 1.99. The second-order valence-corrected chi connectivity index (χ2v) is 6.71. The monoisotopic (exact) mass is 268 g/mol. The van der Waals surface area contributed by atoms with Crippen LogP contribution in [0.1, 0.15) is 58.3 Å². The Kier molecular flexibility index (Phi) is 5.27. The van der Waals surface area contributed by atoms with Crippen molar-refractivity contribution < 1.29 is 4.74 Å². The standard InChI is InChI=1S/C16H32N2O/c1-3-18(12-13-19-2)16(14-17)10-8-15(9-11-16)6-4-5-7-15/h3-14,17H2,1-2H3. The van der Waals surface area contributed by atoms with Gasteiger partial charge >= 0.3 is 0 Å². The van der Waals surface area contributed by atoms with E-state index >= 15 is 0 Å². The maximum atomic E-state index is 6.19. The van der Waals surface area contributed by atoms with Crippen molar-refractivity contribution in [3.05, 3.63) is 0 Å². The van der Waals surface area contributed by atoms with Crippen molar-refractivity contribution in [1.29, 1.82) is 0 Å². The van der Waals surface area contributed by atoms with E-state index in [0.717, 1.165) is 26.2 Å². The fourth-order valence-corrected chi connectivity index (χ4v) is 4.45. The number of methoxy groups -OCH3 is 1. The lowest BCUT2D eigenvalue weighted by Crippen LogP contribution is -2.57. The molecule has 2 saturated carbocycles. The average Bonchev–Trinajstić information content (AvgIpc) is 2.90. The van der Waals surface area contributed by atoms with Crippen LogP contribution in [-0.2, 0) is 4.74 Å². The topological polar surface area (TPSA) is 38.5 Å². The highest BCUT2D eigenvalue weighted by molar-refractivity contribution is 5.01. The minimum absolute atomic E-state index is 0.251. The molecule has 0 amide bonds. The number of rotatable bonds is 6. The maximum Gasteiger partial charge on any atom is 0.0589 e. The van der Waals surface area contributed by atoms with Crippen LogP contribution in [0.15, 0.2) is 0 Å². The minimum Gasteiger partial charge on any atom is -0.383 e. The lowest BCUT2D eigenvalue weighted by Gasteiger charge is -2.50. The van der Waals surface area contributed by atoms with Crippen molar-refractivity contribution in [3.8, 4) is 0 Å². The molecule has 0 bridgehead atoms. The van der Waals surface area contributed by atoms with E-state index in [1.807, 2.05) is 0 Å². The Bertz CT molecular complexity index is 264. The molecule has 0 aliphatic heterocycles. The predicted molar refractivity (Wildman–Crippen MR) is 80.3 cm³/mol. The predicted octanol–water partition coefficient (Wildman–Crippen LogP) is 2.79. The number of hydrogen-bond donors (Lipinski definition) is 1. The van der Waals surface area contributed by atoms with Crippen molar-refractivity contribution in [3.63, 3.8) is 0 Å². The minimum atomic E-state index is 0.251. The lowest BCUT2D eigenvalue weighted by atomic mass is 9.66. The molecule has 3 nitrogen and oxygen atoms in total. The number of nitrogens with zero attached hydrogens (tertiary/aromatic N) is 1. The van der Waals surface area contributed by atoms with Gasteiger partial charge < -0.3 is 10.5 Å². The zero-order valence-electron chi connectivity index (χ0n) is 12.9. The summed E-state index contributed by atoms with van der Waals surface area (Å²) in [7, 11) is 1.79. The molecule has 2 N–H and O–H groups in total. The van der Waals surface area contributed by atoms with Crippen LogP contribution in [-0.4, -0.2) is 43.8 Å². The molecule has 0 unspecified atom stereocenters. The van der Waals surface area contributed by atoms with Crippen LogP contribution < -0.4 is 5.73 Å². The van der Waals surface area contributed by atoms with E-state index in [-0.39, 0.29) is 5.54 Å². The van der Waals surface area contributed by atoms with Crippen LogP contribution >= 0.6 is 0 Å². The Hall–Kier alpha value is -0.120. The lowest BCUT2D eigenvalue weighted by molar-refractivity contribution is 0.00346. The van der Waals surface area contributed by atoms with Gasteiger partial charge in [0.15, 0.2) is 0 Å². The zero-order valence-corrected chi connectivity index (χ0v) is 12.9. The molecular weight excluding hydrogens is 236 g/mol. The van der Waals surface area contributed by atoms with E-state index in [4.69, 9.17) is 10.5 Å². The van der Waals surface area contributed by atoms with E-state index in [2.05, 4.69) is 11.8 Å². The van der Waals surface area contributed by atoms with E-state index in [0.29, 0.717) is 5.41 Å². The molecule has 0 aromatic carbocycles. The normalized spacial score (nSPS) is 25.3. The van der Waals surface area contributed by atoms with Crippen molar-refractivity contribution in [2.24, 2.45) is 11.1 Å². The summed E-state index contributed by atoms with van der Waals surface area (Å²) in [6, 6.07) is 0. The number of hydrogen-bond acceptors (Lipinski definition) is 3. The molecule has 0 atom stereocenters. The van der Waals surface area contributed by atoms with Crippen LogP contribution in [0.2, 0.25) is 0 Å². The van der Waals surface area contributed by atoms with Crippen molar-refractivity contribution >= 4 is 0 Å². The second kappa shape index (κ2) is 6.55. The first kappa shape index (κ1) is 15.3. The molecular formula is C16H32N2O. The van der Waals surface area contributed by atoms with E-state index in [1.54, 1.807) is 7.11 Å². The van der Waals surface area contributed by atoms with Crippen molar-refractivity contribution in [1.82, 2.24) is 4.90 Å². The Morgan fingerprint density at radius 2 is 1.68 bits per heavy atom. The van der Waals surface area contributed by atoms with Gasteiger partial charge in [0.2, 0.25) is 0 Å². The summed E-state index contributed by atoms with van der Waals surface area (Å²) < 4.78 is 5.27. The summed E-state index contributed by atoms with van der Waals surface area (Å²) in [5.74, 6) is 0. The Morgan fingerprint density at radius 1 is 1.05 bits per heavy atom. The van der Waals surface area contributed by atoms with E-state index < -0.39 is 0 Å². The van der Waals surface area contributed by atoms with Gasteiger partial charge in [-0.1, -0.05) is 19.8 Å². The Labute approximate surface area is 118 Å². The van der Waals surface area contributed by atoms with Gasteiger partial charge in [0, 0.05) is 25.7 Å². The molecule has 3 heteroatoms. The smallest absolute Gasteiger partial charge is 0.0589 e. The van der Waals surface area contributed by atoms with Gasteiger partial charge in [0.05, 0.1) is 6.61 Å². The summed E-state index contributed by atoms with van der Waals surface area (Å²) in [6.45, 7) is 6.00. The van der Waals surface area contributed by atoms with Gasteiger partial charge in [-0.2, -0.15) is 0 Å². The maximum absolute atomic E-state index is 6.19. The molecule has 0 radical (unpaired) electrons. The van der Waals surface area contributed by atoms with Gasteiger partial charge in [-0.3, -0.25) is 4.90 Å². The number of nitrogens with two attached hydrogens (primary N) is 1. The third kappa shape index (κ3) is 3.14. The largest absolute Gasteiger partial charge is 0.383 e. The van der Waals surface area contributed by atoms with Crippen LogP contribution in [0, 0.1) is 5.41 Å². The first-order valence-corrected chi connectivity index (χ1v) is 8.14. The first-order valence-electron chi connectivity index (χ1n) is 8.14. The quantitative estimate of drug-likeness (QED) is 0.805. The Morgan fingerprint density at radius 3 is 2.16 bits per heavy atom. The molecule has 0 aromatic heterocycles. The van der Waals surface area contributed by atoms with Gasteiger partial charge in [-0.25, -0.2) is 0 Å². The molecule has 2 aliphatic rings. The van der Waals surface area contributed by atoms with Crippen molar-refractivity contribution in [2.75, 3.05) is 33.4 Å². The molecule has 0 heterocycles. The molecule has 112 valence electrons. The SMILES string of the molecule is CCN(CCOC)C1(CN)CCC2(CCCC2)CC1. The van der Waals surface area contributed by atoms with Crippen molar-refractivity contribution in [2.45, 2.75) is 63.8 Å². The van der Waals surface area contributed by atoms with Crippen LogP contribution in [0.4, 0.5) is 0 Å². The fourth-order valence-electron chi connectivity index (χ4n) is 4.45. The molecule has 0 saturated heterocycles. The summed E-state index contributed by atoms with van der Waals surface area (Å²) in [6.07, 6.45) is 11.2. The zero-order chi connectivity index (χ0) is 13.8. The molecule has 2 rings (SSSR count). The summed E-state index contributed by atoms with van der Waals surface area (Å²) >= 11 is 0. The van der Waals surface area contributed by atoms with E-state index in [1.165, 1.54) is 51.4 Å². The second-order valence-electron chi connectivity index (χ2n) is 6.71. The fraction of sp³-hybridized carbons (Fsp3) is 1.00. The van der Waals surface area contributed by atoms with Crippen LogP contribution in [0.5, 0.6) is 0 Å². The summed E-state index contributed by atoms with van der Waals surface area (Å²) in [5.41, 5.74) is 7.14. The van der Waals surface area contributed by atoms with E-state index in [9.17, 15) is 0 Å². The molecule has 2 fully saturated rings. The molecule has 0 aromatic rings. The number of ether oxygens (including phenoxy) is 1. The van der Waals surface area contributed by atoms with Gasteiger partial charge in [-0.05, 0) is 50.5 Å². The summed E-state index contributed by atoms with van der Waals surface area (Å²) in [4.78, 5) is 2.58. The highest BCUT2D eigenvalue weighted by Gasteiger charge is 2.45. The third-order valence-corrected chi connectivity index (χ3v) is 5.90. The third-order valence-electron chi connectivity index (χ3n) is 5.90. The highest BCUT2D eigenvalue weighted by atomic mass is 16.5. The molecule has 2 aliphatic carbocycles. The molecule has 19 heavy (non-hydrogen) atoms. The van der Waals surface area contributed by atoms with Gasteiger partial charge in [0.1, 0.15) is 0 Å². The average molecular weight is 268 g/mol. The van der Waals surface area contributed by atoms with Crippen LogP contribution in [0.3, 0.4) is 0 Å². The number of likely N-dealkylation sites (N-methyl/N-ethyl adjacent to an activating group) is 1. The van der Waals surface area contributed by atoms with Gasteiger partial charge in [0.25, 0.3) is 0 Å². The first-order chi connectivity index (χ1) is 9.20. The summed E-state index contributed by atoms with van der Waals surface area (Å²) in [5, 5.41) is 0. The van der Waals surface area contributed by atoms with Crippen LogP contribution in [0.25, 0.3) is 0 Å². The molecule has 1 spiro atoms. The van der Waals surface area contributed by atoms with Gasteiger partial charge in [-0.15, -0.1) is 0 Å².